The molecular weight excluding hydrogens is 330 g/mol. The van der Waals surface area contributed by atoms with Crippen molar-refractivity contribution in [3.05, 3.63) is 42.7 Å². The van der Waals surface area contributed by atoms with Crippen molar-refractivity contribution in [2.75, 3.05) is 24.0 Å². The number of carbonyl (C=O) groups is 1. The molecule has 0 fully saturated rings. The second-order valence-electron chi connectivity index (χ2n) is 4.72. The second-order valence-corrected chi connectivity index (χ2v) is 5.66. The minimum atomic E-state index is -0.184. The van der Waals surface area contributed by atoms with Crippen molar-refractivity contribution in [2.24, 2.45) is 0 Å². The highest BCUT2D eigenvalue weighted by Crippen LogP contribution is 2.22. The van der Waals surface area contributed by atoms with E-state index in [0.717, 1.165) is 0 Å². The number of carbonyl (C=O) groups excluding carboxylic acids is 1. The number of ether oxygens (including phenoxy) is 1. The number of nitrogens with one attached hydrogen (secondary N) is 1. The van der Waals surface area contributed by atoms with Crippen LogP contribution in [-0.2, 0) is 4.79 Å². The number of benzene rings is 1. The van der Waals surface area contributed by atoms with Crippen LogP contribution in [0.4, 0.5) is 5.69 Å². The van der Waals surface area contributed by atoms with Gasteiger partial charge in [0.2, 0.25) is 16.9 Å². The first kappa shape index (κ1) is 15.9. The quantitative estimate of drug-likeness (QED) is 0.519. The number of nitrogens with two attached hydrogens (primary N) is 1. The number of methoxy groups -OCH3 is 1. The van der Waals surface area contributed by atoms with Crippen molar-refractivity contribution in [3.8, 4) is 17.3 Å². The number of hydrogen-bond donors (Lipinski definition) is 2. The van der Waals surface area contributed by atoms with Crippen LogP contribution in [0.2, 0.25) is 0 Å². The summed E-state index contributed by atoms with van der Waals surface area (Å²) < 4.78 is 11.6. The first-order chi connectivity index (χ1) is 11.7. The van der Waals surface area contributed by atoms with E-state index in [9.17, 15) is 4.79 Å². The fourth-order valence-electron chi connectivity index (χ4n) is 1.98. The smallest absolute Gasteiger partial charge is 0.234 e. The van der Waals surface area contributed by atoms with E-state index in [1.165, 1.54) is 22.7 Å². The largest absolute Gasteiger partial charge is 0.497 e. The normalized spacial score (nSPS) is 10.5. The van der Waals surface area contributed by atoms with Gasteiger partial charge in [-0.25, -0.2) is 4.68 Å². The molecule has 9 heteroatoms. The van der Waals surface area contributed by atoms with Gasteiger partial charge >= 0.3 is 0 Å². The van der Waals surface area contributed by atoms with Crippen LogP contribution in [0.1, 0.15) is 0 Å². The van der Waals surface area contributed by atoms with Gasteiger partial charge in [-0.1, -0.05) is 17.8 Å². The molecular formula is C15H15N5O3S. The van der Waals surface area contributed by atoms with E-state index in [1.54, 1.807) is 43.5 Å². The predicted octanol–water partition coefficient (Wildman–Crippen LogP) is 1.99. The molecule has 3 rings (SSSR count). The first-order valence-electron chi connectivity index (χ1n) is 6.98. The average molecular weight is 345 g/mol. The van der Waals surface area contributed by atoms with Crippen LogP contribution in [0, 0.1) is 0 Å². The van der Waals surface area contributed by atoms with Gasteiger partial charge < -0.3 is 20.3 Å². The maximum atomic E-state index is 12.0. The summed E-state index contributed by atoms with van der Waals surface area (Å²) in [6.45, 7) is 0. The van der Waals surface area contributed by atoms with Crippen molar-refractivity contribution in [1.82, 2.24) is 14.9 Å². The standard InChI is InChI=1S/C15H15N5O3S/c1-22-11-5-2-4-10(8-11)17-13(21)9-24-15-19-18-14(20(15)16)12-6-3-7-23-12/h2-8H,9,16H2,1H3,(H,17,21). The zero-order valence-corrected chi connectivity index (χ0v) is 13.6. The van der Waals surface area contributed by atoms with Crippen LogP contribution in [0.25, 0.3) is 11.6 Å². The highest BCUT2D eigenvalue weighted by Gasteiger charge is 2.15. The van der Waals surface area contributed by atoms with Gasteiger partial charge in [0.05, 0.1) is 19.1 Å². The van der Waals surface area contributed by atoms with Crippen LogP contribution in [0.5, 0.6) is 5.75 Å². The molecule has 0 bridgehead atoms. The summed E-state index contributed by atoms with van der Waals surface area (Å²) >= 11 is 1.18. The fraction of sp³-hybridized carbons (Fsp3) is 0.133. The van der Waals surface area contributed by atoms with E-state index in [0.29, 0.717) is 28.2 Å². The van der Waals surface area contributed by atoms with Gasteiger partial charge in [-0.3, -0.25) is 4.79 Å². The Kier molecular flexibility index (Phi) is 4.71. The van der Waals surface area contributed by atoms with Gasteiger partial charge in [-0.05, 0) is 24.3 Å². The number of nitrogen functional groups attached to an aromatic ring is 1. The molecule has 124 valence electrons. The van der Waals surface area contributed by atoms with Crippen LogP contribution < -0.4 is 15.9 Å². The van der Waals surface area contributed by atoms with Crippen LogP contribution in [0.15, 0.2) is 52.2 Å². The molecule has 3 N–H and O–H groups in total. The summed E-state index contributed by atoms with van der Waals surface area (Å²) in [4.78, 5) is 12.0. The predicted molar refractivity (Wildman–Crippen MR) is 90.2 cm³/mol. The molecule has 0 aliphatic rings. The number of aromatic nitrogens is 3. The van der Waals surface area contributed by atoms with E-state index >= 15 is 0 Å². The summed E-state index contributed by atoms with van der Waals surface area (Å²) in [5.41, 5.74) is 0.658. The fourth-order valence-corrected chi connectivity index (χ4v) is 2.63. The van der Waals surface area contributed by atoms with E-state index in [-0.39, 0.29) is 11.7 Å². The molecule has 0 saturated heterocycles. The Balaban J connectivity index is 1.60. The van der Waals surface area contributed by atoms with Crippen molar-refractivity contribution >= 4 is 23.4 Å². The molecule has 2 aromatic heterocycles. The SMILES string of the molecule is COc1cccc(NC(=O)CSc2nnc(-c3ccco3)n2N)c1. The minimum Gasteiger partial charge on any atom is -0.497 e. The molecule has 0 saturated carbocycles. The van der Waals surface area contributed by atoms with Crippen molar-refractivity contribution in [3.63, 3.8) is 0 Å². The number of nitrogens with zero attached hydrogens (tertiary/aromatic N) is 3. The molecule has 0 aliphatic carbocycles. The number of anilines is 1. The lowest BCUT2D eigenvalue weighted by atomic mass is 10.3. The van der Waals surface area contributed by atoms with Gasteiger partial charge in [0.25, 0.3) is 0 Å². The molecule has 8 nitrogen and oxygen atoms in total. The monoisotopic (exact) mass is 345 g/mol. The maximum Gasteiger partial charge on any atom is 0.234 e. The Morgan fingerprint density at radius 1 is 1.38 bits per heavy atom. The van der Waals surface area contributed by atoms with Crippen molar-refractivity contribution < 1.29 is 13.9 Å². The highest BCUT2D eigenvalue weighted by atomic mass is 32.2. The summed E-state index contributed by atoms with van der Waals surface area (Å²) in [6, 6.07) is 10.6. The molecule has 0 spiro atoms. The van der Waals surface area contributed by atoms with E-state index in [1.807, 2.05) is 0 Å². The lowest BCUT2D eigenvalue weighted by Crippen LogP contribution is -2.16. The summed E-state index contributed by atoms with van der Waals surface area (Å²) in [6.07, 6.45) is 1.53. The lowest BCUT2D eigenvalue weighted by molar-refractivity contribution is -0.113. The number of rotatable bonds is 6. The average Bonchev–Trinajstić information content (AvgIpc) is 3.23. The summed E-state index contributed by atoms with van der Waals surface area (Å²) in [5, 5.41) is 11.1. The Bertz CT molecular complexity index is 832. The van der Waals surface area contributed by atoms with E-state index < -0.39 is 0 Å². The van der Waals surface area contributed by atoms with E-state index in [2.05, 4.69) is 15.5 Å². The molecule has 1 amide bonds. The van der Waals surface area contributed by atoms with Crippen LogP contribution in [0.3, 0.4) is 0 Å². The molecule has 0 aliphatic heterocycles. The van der Waals surface area contributed by atoms with Gasteiger partial charge in [-0.2, -0.15) is 0 Å². The maximum absolute atomic E-state index is 12.0. The number of thioether (sulfide) groups is 1. The molecule has 0 radical (unpaired) electrons. The third-order valence-electron chi connectivity index (χ3n) is 3.09. The summed E-state index contributed by atoms with van der Waals surface area (Å²) in [7, 11) is 1.57. The Hall–Kier alpha value is -2.94. The third kappa shape index (κ3) is 3.51. The van der Waals surface area contributed by atoms with Crippen molar-refractivity contribution in [2.45, 2.75) is 5.16 Å². The number of hydrogen-bond acceptors (Lipinski definition) is 7. The van der Waals surface area contributed by atoms with Gasteiger partial charge in [0, 0.05) is 11.8 Å². The van der Waals surface area contributed by atoms with Crippen LogP contribution >= 0.6 is 11.8 Å². The lowest BCUT2D eigenvalue weighted by Gasteiger charge is -2.06. The zero-order chi connectivity index (χ0) is 16.9. The Morgan fingerprint density at radius 2 is 2.25 bits per heavy atom. The number of amides is 1. The van der Waals surface area contributed by atoms with E-state index in [4.69, 9.17) is 15.0 Å². The molecule has 2 heterocycles. The van der Waals surface area contributed by atoms with Gasteiger partial charge in [0.1, 0.15) is 5.75 Å². The molecule has 1 aromatic carbocycles. The zero-order valence-electron chi connectivity index (χ0n) is 12.8. The van der Waals surface area contributed by atoms with Crippen molar-refractivity contribution in [1.29, 1.82) is 0 Å². The highest BCUT2D eigenvalue weighted by molar-refractivity contribution is 7.99. The van der Waals surface area contributed by atoms with Gasteiger partial charge in [0.15, 0.2) is 5.76 Å². The Labute approximate surface area is 142 Å². The molecule has 24 heavy (non-hydrogen) atoms. The second kappa shape index (κ2) is 7.09. The third-order valence-corrected chi connectivity index (χ3v) is 4.04. The topological polar surface area (TPSA) is 108 Å². The Morgan fingerprint density at radius 3 is 3.00 bits per heavy atom. The minimum absolute atomic E-state index is 0.144. The number of furan rings is 1. The van der Waals surface area contributed by atoms with Crippen LogP contribution in [-0.4, -0.2) is 33.6 Å². The summed E-state index contributed by atoms with van der Waals surface area (Å²) in [5.74, 6) is 7.47. The molecule has 0 atom stereocenters. The molecule has 0 unspecified atom stereocenters. The molecule has 3 aromatic rings. The first-order valence-corrected chi connectivity index (χ1v) is 7.97. The van der Waals surface area contributed by atoms with Gasteiger partial charge in [-0.15, -0.1) is 10.2 Å².